The van der Waals surface area contributed by atoms with Gasteiger partial charge < -0.3 is 0 Å². The van der Waals surface area contributed by atoms with Gasteiger partial charge >= 0.3 is 168 Å². The van der Waals surface area contributed by atoms with Gasteiger partial charge in [0.15, 0.2) is 0 Å². The zero-order chi connectivity index (χ0) is 23.3. The third kappa shape index (κ3) is 2.42. The number of hydrogen-bond donors (Lipinski definition) is 1. The molecule has 1 atom stereocenters. The summed E-state index contributed by atoms with van der Waals surface area (Å²) in [4.78, 5) is 11.6. The van der Waals surface area contributed by atoms with Gasteiger partial charge in [-0.2, -0.15) is 0 Å². The molecular weight excluding hydrogens is 466 g/mol. The average molecular weight is 478 g/mol. The molecule has 0 bridgehead atoms. The minimum absolute atomic E-state index is 0.406. The average Bonchev–Trinajstić information content (AvgIpc) is 3.01. The molecule has 0 radical (unpaired) electrons. The van der Waals surface area contributed by atoms with Crippen molar-refractivity contribution < 1.29 is 53.5 Å². The summed E-state index contributed by atoms with van der Waals surface area (Å²) < 4.78 is 135. The van der Waals surface area contributed by atoms with Gasteiger partial charge in [0, 0.05) is 0 Å². The minimum atomic E-state index is -6.59. The van der Waals surface area contributed by atoms with Crippen LogP contribution >= 0.6 is 7.28 Å². The zero-order valence-corrected chi connectivity index (χ0v) is 16.1. The molecule has 1 spiro atoms. The molecule has 1 N–H and O–H groups in total. The molecule has 4 rings (SSSR count). The molecule has 0 amide bonds. The van der Waals surface area contributed by atoms with E-state index < -0.39 is 58.8 Å². The molecular formula is C18H12F9O3P. The molecule has 170 valence electrons. The normalized spacial score (nSPS) is 27.4. The quantitative estimate of drug-likeness (QED) is 0.424. The second kappa shape index (κ2) is 5.72. The van der Waals surface area contributed by atoms with Gasteiger partial charge in [-0.1, -0.05) is 0 Å². The number of hydrogen-bond acceptors (Lipinski definition) is 3. The predicted molar refractivity (Wildman–Crippen MR) is 90.7 cm³/mol. The van der Waals surface area contributed by atoms with Gasteiger partial charge in [0.05, 0.1) is 0 Å². The van der Waals surface area contributed by atoms with Crippen LogP contribution < -0.4 is 10.6 Å². The summed E-state index contributed by atoms with van der Waals surface area (Å²) in [6.45, 7) is 0.413. The van der Waals surface area contributed by atoms with Crippen molar-refractivity contribution in [2.24, 2.45) is 0 Å². The van der Waals surface area contributed by atoms with Gasteiger partial charge in [0.1, 0.15) is 0 Å². The van der Waals surface area contributed by atoms with Crippen LogP contribution in [0.1, 0.15) is 18.1 Å². The van der Waals surface area contributed by atoms with Crippen molar-refractivity contribution in [3.63, 3.8) is 0 Å². The third-order valence-corrected chi connectivity index (χ3v) is 9.34. The van der Waals surface area contributed by atoms with Crippen LogP contribution in [0.3, 0.4) is 0 Å². The van der Waals surface area contributed by atoms with Crippen LogP contribution in [0.15, 0.2) is 48.5 Å². The Morgan fingerprint density at radius 1 is 0.677 bits per heavy atom. The Labute approximate surface area is 168 Å². The van der Waals surface area contributed by atoms with Crippen LogP contribution in [0.4, 0.5) is 39.5 Å². The molecule has 2 aromatic carbocycles. The van der Waals surface area contributed by atoms with E-state index >= 15 is 0 Å². The third-order valence-electron chi connectivity index (χ3n) is 5.55. The SMILES string of the molecule is C[C@@]1(C(F)(F)F)OP2(O)(OC(C(F)(F)F)(C(F)(F)F)c3ccccc32)c2ccccc21. The summed E-state index contributed by atoms with van der Waals surface area (Å²) in [5.74, 6) is 0. The van der Waals surface area contributed by atoms with E-state index in [-0.39, 0.29) is 0 Å². The number of rotatable bonds is 0. The van der Waals surface area contributed by atoms with E-state index in [4.69, 9.17) is 4.52 Å². The first-order valence-corrected chi connectivity index (χ1v) is 10.6. The molecule has 3 nitrogen and oxygen atoms in total. The molecule has 2 heterocycles. The Balaban J connectivity index is 2.17. The number of alkyl halides is 9. The monoisotopic (exact) mass is 478 g/mol. The van der Waals surface area contributed by atoms with Crippen LogP contribution in [0.25, 0.3) is 0 Å². The summed E-state index contributed by atoms with van der Waals surface area (Å²) in [5, 5.41) is -2.03. The van der Waals surface area contributed by atoms with Crippen molar-refractivity contribution in [1.82, 2.24) is 0 Å². The zero-order valence-electron chi connectivity index (χ0n) is 15.2. The summed E-state index contributed by atoms with van der Waals surface area (Å²) >= 11 is 0. The molecule has 0 fully saturated rings. The van der Waals surface area contributed by atoms with E-state index in [1.807, 2.05) is 0 Å². The summed E-state index contributed by atoms with van der Waals surface area (Å²) in [6, 6.07) is 6.61. The topological polar surface area (TPSA) is 38.7 Å². The molecule has 0 unspecified atom stereocenters. The van der Waals surface area contributed by atoms with Crippen molar-refractivity contribution in [3.05, 3.63) is 59.7 Å². The Bertz CT molecular complexity index is 1070. The van der Waals surface area contributed by atoms with Crippen LogP contribution in [0, 0.1) is 0 Å². The molecule has 2 aliphatic heterocycles. The van der Waals surface area contributed by atoms with Crippen LogP contribution in [-0.2, 0) is 20.2 Å². The number of fused-ring (bicyclic) bond motifs is 4. The van der Waals surface area contributed by atoms with E-state index in [2.05, 4.69) is 4.52 Å². The fourth-order valence-electron chi connectivity index (χ4n) is 4.15. The fourth-order valence-corrected chi connectivity index (χ4v) is 8.60. The summed E-state index contributed by atoms with van der Waals surface area (Å²) in [7, 11) is -6.59. The first-order chi connectivity index (χ1) is 13.9. The van der Waals surface area contributed by atoms with Gasteiger partial charge in [0.2, 0.25) is 0 Å². The van der Waals surface area contributed by atoms with E-state index in [9.17, 15) is 44.4 Å². The van der Waals surface area contributed by atoms with Gasteiger partial charge in [-0.05, 0) is 0 Å². The Hall–Kier alpha value is -1.88. The van der Waals surface area contributed by atoms with Crippen LogP contribution in [0.5, 0.6) is 0 Å². The maximum absolute atomic E-state index is 14.0. The molecule has 13 heteroatoms. The molecule has 0 aromatic heterocycles. The number of benzene rings is 2. The number of halogens is 9. The van der Waals surface area contributed by atoms with Crippen molar-refractivity contribution >= 4 is 17.9 Å². The first kappa shape index (κ1) is 22.3. The summed E-state index contributed by atoms with van der Waals surface area (Å²) in [5.41, 5.74) is -10.9. The van der Waals surface area contributed by atoms with Crippen molar-refractivity contribution in [3.8, 4) is 0 Å². The molecule has 0 saturated heterocycles. The Kier molecular flexibility index (Phi) is 4.12. The van der Waals surface area contributed by atoms with E-state index in [1.54, 1.807) is 0 Å². The fraction of sp³-hybridized carbons (Fsp3) is 0.333. The van der Waals surface area contributed by atoms with Crippen LogP contribution in [0.2, 0.25) is 0 Å². The standard InChI is InChI=1S/C18H12F9O3P/c1-14(16(19,20)21)10-6-2-4-8-12(10)31(28,29-14)13-9-5-3-7-11(13)15(30-31,17(22,23)24)18(25,26)27/h2-9,28H,1H3/t14-/m1/s1. The van der Waals surface area contributed by atoms with E-state index in [0.717, 1.165) is 36.4 Å². The molecule has 0 aliphatic carbocycles. The van der Waals surface area contributed by atoms with Gasteiger partial charge in [-0.3, -0.25) is 0 Å². The van der Waals surface area contributed by atoms with Crippen molar-refractivity contribution in [1.29, 1.82) is 0 Å². The molecule has 2 aromatic rings. The van der Waals surface area contributed by atoms with Gasteiger partial charge in [-0.25, -0.2) is 0 Å². The van der Waals surface area contributed by atoms with Crippen molar-refractivity contribution in [2.75, 3.05) is 0 Å². The Morgan fingerprint density at radius 3 is 1.55 bits per heavy atom. The Morgan fingerprint density at radius 2 is 1.10 bits per heavy atom. The second-order valence-corrected chi connectivity index (χ2v) is 10.5. The second-order valence-electron chi connectivity index (χ2n) is 7.34. The predicted octanol–water partition coefficient (Wildman–Crippen LogP) is 5.09. The first-order valence-electron chi connectivity index (χ1n) is 8.53. The summed E-state index contributed by atoms with van der Waals surface area (Å²) in [6.07, 6.45) is -17.7. The van der Waals surface area contributed by atoms with Crippen LogP contribution in [-0.4, -0.2) is 23.4 Å². The van der Waals surface area contributed by atoms with E-state index in [0.29, 0.717) is 19.1 Å². The molecule has 2 aliphatic rings. The van der Waals surface area contributed by atoms with E-state index in [1.165, 1.54) is 0 Å². The molecule has 31 heavy (non-hydrogen) atoms. The maximum atomic E-state index is 14.0. The molecule has 0 saturated carbocycles. The van der Waals surface area contributed by atoms with Gasteiger partial charge in [-0.15, -0.1) is 0 Å². The van der Waals surface area contributed by atoms with Crippen molar-refractivity contribution in [2.45, 2.75) is 36.7 Å². The van der Waals surface area contributed by atoms with Gasteiger partial charge in [0.25, 0.3) is 0 Å².